The Bertz CT molecular complexity index is 1260. The number of benzene rings is 1. The second-order valence-corrected chi connectivity index (χ2v) is 9.71. The van der Waals surface area contributed by atoms with Crippen molar-refractivity contribution in [3.8, 4) is 11.3 Å². The Balaban J connectivity index is 1.59. The summed E-state index contributed by atoms with van der Waals surface area (Å²) in [5, 5.41) is 11.7. The van der Waals surface area contributed by atoms with Crippen molar-refractivity contribution in [2.45, 2.75) is 44.9 Å². The first-order chi connectivity index (χ1) is 16.8. The van der Waals surface area contributed by atoms with Crippen molar-refractivity contribution in [1.29, 1.82) is 0 Å². The molecule has 1 aliphatic heterocycles. The number of hydrogen-bond acceptors (Lipinski definition) is 6. The van der Waals surface area contributed by atoms with Crippen LogP contribution < -0.4 is 5.32 Å². The van der Waals surface area contributed by atoms with Gasteiger partial charge in [0.05, 0.1) is 53.4 Å². The molecule has 0 unspecified atom stereocenters. The number of ether oxygens (including phenoxy) is 1. The van der Waals surface area contributed by atoms with Crippen molar-refractivity contribution in [3.05, 3.63) is 65.2 Å². The topological polar surface area (TPSA) is 89.9 Å². The molecule has 182 valence electrons. The average Bonchev–Trinajstić information content (AvgIpc) is 2.78. The zero-order valence-corrected chi connectivity index (χ0v) is 19.9. The molecule has 0 radical (unpaired) electrons. The molecule has 1 amide bonds. The lowest BCUT2D eigenvalue weighted by Crippen LogP contribution is -2.41. The number of nitrogens with zero attached hydrogens (tertiary/aromatic N) is 4. The van der Waals surface area contributed by atoms with Crippen LogP contribution in [0.1, 0.15) is 56.5 Å². The summed E-state index contributed by atoms with van der Waals surface area (Å²) in [7, 11) is 0. The molecule has 0 saturated carbocycles. The van der Waals surface area contributed by atoms with Gasteiger partial charge in [-0.15, -0.1) is 5.10 Å². The lowest BCUT2D eigenvalue weighted by Gasteiger charge is -2.42. The molecule has 2 aliphatic rings. The van der Waals surface area contributed by atoms with Crippen LogP contribution in [-0.4, -0.2) is 39.3 Å². The Morgan fingerprint density at radius 1 is 1.17 bits per heavy atom. The first kappa shape index (κ1) is 23.4. The van der Waals surface area contributed by atoms with Gasteiger partial charge in [0.15, 0.2) is 5.82 Å². The summed E-state index contributed by atoms with van der Waals surface area (Å²) in [6.07, 6.45) is 4.81. The Kier molecular flexibility index (Phi) is 6.04. The number of anilines is 1. The van der Waals surface area contributed by atoms with Crippen LogP contribution in [0.25, 0.3) is 11.3 Å². The van der Waals surface area contributed by atoms with Crippen LogP contribution in [-0.2, 0) is 14.9 Å². The van der Waals surface area contributed by atoms with Gasteiger partial charge in [0.25, 0.3) is 0 Å². The second-order valence-electron chi connectivity index (χ2n) is 9.71. The predicted molar refractivity (Wildman–Crippen MR) is 126 cm³/mol. The van der Waals surface area contributed by atoms with E-state index in [0.717, 1.165) is 24.1 Å². The zero-order chi connectivity index (χ0) is 24.7. The second kappa shape index (κ2) is 9.03. The van der Waals surface area contributed by atoms with Gasteiger partial charge in [0, 0.05) is 6.20 Å². The molecule has 1 N–H and O–H groups in total. The first-order valence-electron chi connectivity index (χ1n) is 11.8. The Morgan fingerprint density at radius 2 is 1.91 bits per heavy atom. The number of carbonyl (C=O) groups is 1. The Labute approximate surface area is 202 Å². The van der Waals surface area contributed by atoms with E-state index >= 15 is 0 Å². The molecule has 3 aromatic rings. The summed E-state index contributed by atoms with van der Waals surface area (Å²) >= 11 is 0. The van der Waals surface area contributed by atoms with Crippen molar-refractivity contribution in [3.63, 3.8) is 0 Å². The molecule has 1 aliphatic carbocycles. The highest BCUT2D eigenvalue weighted by Gasteiger charge is 2.46. The van der Waals surface area contributed by atoms with Crippen LogP contribution in [0.15, 0.2) is 36.7 Å². The Morgan fingerprint density at radius 3 is 2.57 bits per heavy atom. The van der Waals surface area contributed by atoms with E-state index in [2.05, 4.69) is 41.3 Å². The quantitative estimate of drug-likeness (QED) is 0.574. The van der Waals surface area contributed by atoms with Crippen LogP contribution in [0.2, 0.25) is 0 Å². The Hall–Kier alpha value is -3.33. The smallest absolute Gasteiger partial charge is 0.233 e. The third-order valence-corrected chi connectivity index (χ3v) is 7.30. The van der Waals surface area contributed by atoms with E-state index in [-0.39, 0.29) is 34.9 Å². The molecule has 2 atom stereocenters. The maximum absolute atomic E-state index is 14.5. The fourth-order valence-electron chi connectivity index (χ4n) is 5.08. The van der Waals surface area contributed by atoms with Crippen LogP contribution in [0.4, 0.5) is 14.6 Å². The van der Waals surface area contributed by atoms with Gasteiger partial charge in [0.1, 0.15) is 11.6 Å². The van der Waals surface area contributed by atoms with Crippen LogP contribution in [0.5, 0.6) is 0 Å². The number of aromatic nitrogens is 4. The average molecular weight is 480 g/mol. The number of hydrogen-bond donors (Lipinski definition) is 1. The highest BCUT2D eigenvalue weighted by molar-refractivity contribution is 5.92. The molecule has 1 fully saturated rings. The molecule has 5 rings (SSSR count). The normalized spacial score (nSPS) is 21.9. The standard InChI is InChI=1S/C26H27F2N5O2/c1-14(2)26(21-10-29-11-22(30-21)31-25(34)16-12-35-13-16)8-7-15(3)17-9-20(32-33-24(17)26)23-18(27)5-4-6-19(23)28/h4-6,9-11,14-16H,7-8,12-13H2,1-3H3,(H,30,31,34)/t15-,26-/m0/s1. The van der Waals surface area contributed by atoms with E-state index in [1.165, 1.54) is 24.4 Å². The third-order valence-electron chi connectivity index (χ3n) is 7.30. The van der Waals surface area contributed by atoms with Gasteiger partial charge in [-0.3, -0.25) is 9.78 Å². The maximum atomic E-state index is 14.5. The van der Waals surface area contributed by atoms with Crippen LogP contribution in [0, 0.1) is 23.5 Å². The van der Waals surface area contributed by atoms with Gasteiger partial charge in [0.2, 0.25) is 5.91 Å². The van der Waals surface area contributed by atoms with E-state index < -0.39 is 17.0 Å². The summed E-state index contributed by atoms with van der Waals surface area (Å²) in [6.45, 7) is 7.06. The lowest BCUT2D eigenvalue weighted by atomic mass is 9.62. The number of nitrogens with one attached hydrogen (secondary N) is 1. The zero-order valence-electron chi connectivity index (χ0n) is 19.9. The summed E-state index contributed by atoms with van der Waals surface area (Å²) in [5.74, 6) is -1.12. The minimum absolute atomic E-state index is 0.0689. The van der Waals surface area contributed by atoms with Crippen molar-refractivity contribution < 1.29 is 18.3 Å². The molecule has 2 aromatic heterocycles. The number of carbonyl (C=O) groups excluding carboxylic acids is 1. The van der Waals surface area contributed by atoms with Crippen molar-refractivity contribution >= 4 is 11.7 Å². The largest absolute Gasteiger partial charge is 0.380 e. The van der Waals surface area contributed by atoms with Gasteiger partial charge in [-0.2, -0.15) is 5.10 Å². The molecule has 7 nitrogen and oxygen atoms in total. The molecular formula is C26H27F2N5O2. The van der Waals surface area contributed by atoms with Gasteiger partial charge in [-0.1, -0.05) is 26.8 Å². The van der Waals surface area contributed by atoms with Gasteiger partial charge < -0.3 is 10.1 Å². The van der Waals surface area contributed by atoms with E-state index in [0.29, 0.717) is 24.7 Å². The minimum Gasteiger partial charge on any atom is -0.380 e. The number of rotatable bonds is 5. The third kappa shape index (κ3) is 3.97. The van der Waals surface area contributed by atoms with Gasteiger partial charge in [-0.25, -0.2) is 13.8 Å². The SMILES string of the molecule is CC(C)[C@]1(c2cncc(NC(=O)C3COC3)n2)CC[C@H](C)c2cc(-c3c(F)cccc3F)nnc21. The molecule has 0 bridgehead atoms. The predicted octanol–water partition coefficient (Wildman–Crippen LogP) is 4.64. The number of amides is 1. The molecule has 1 saturated heterocycles. The van der Waals surface area contributed by atoms with Crippen molar-refractivity contribution in [1.82, 2.24) is 20.2 Å². The monoisotopic (exact) mass is 479 g/mol. The van der Waals surface area contributed by atoms with E-state index in [1.54, 1.807) is 12.3 Å². The maximum Gasteiger partial charge on any atom is 0.233 e. The van der Waals surface area contributed by atoms with Crippen molar-refractivity contribution in [2.24, 2.45) is 11.8 Å². The van der Waals surface area contributed by atoms with Crippen molar-refractivity contribution in [2.75, 3.05) is 18.5 Å². The first-order valence-corrected chi connectivity index (χ1v) is 11.8. The van der Waals surface area contributed by atoms with E-state index in [4.69, 9.17) is 9.72 Å². The molecular weight excluding hydrogens is 452 g/mol. The minimum atomic E-state index is -0.677. The van der Waals surface area contributed by atoms with Crippen LogP contribution >= 0.6 is 0 Å². The van der Waals surface area contributed by atoms with Gasteiger partial charge >= 0.3 is 0 Å². The number of halogens is 2. The summed E-state index contributed by atoms with van der Waals surface area (Å²) < 4.78 is 34.1. The molecule has 3 heterocycles. The fourth-order valence-corrected chi connectivity index (χ4v) is 5.08. The number of fused-ring (bicyclic) bond motifs is 1. The summed E-state index contributed by atoms with van der Waals surface area (Å²) in [4.78, 5) is 21.6. The molecule has 0 spiro atoms. The highest BCUT2D eigenvalue weighted by atomic mass is 19.1. The lowest BCUT2D eigenvalue weighted by molar-refractivity contribution is -0.133. The van der Waals surface area contributed by atoms with Crippen LogP contribution in [0.3, 0.4) is 0 Å². The fraction of sp³-hybridized carbons (Fsp3) is 0.423. The summed E-state index contributed by atoms with van der Waals surface area (Å²) in [6, 6.07) is 5.51. The van der Waals surface area contributed by atoms with E-state index in [9.17, 15) is 13.6 Å². The highest BCUT2D eigenvalue weighted by Crippen LogP contribution is 2.50. The van der Waals surface area contributed by atoms with E-state index in [1.807, 2.05) is 0 Å². The molecule has 1 aromatic carbocycles. The molecule has 35 heavy (non-hydrogen) atoms. The van der Waals surface area contributed by atoms with Gasteiger partial charge in [-0.05, 0) is 48.4 Å². The summed E-state index contributed by atoms with van der Waals surface area (Å²) in [5.41, 5.74) is 1.68. The molecule has 9 heteroatoms.